The predicted octanol–water partition coefficient (Wildman–Crippen LogP) is 2.14. The van der Waals surface area contributed by atoms with Crippen LogP contribution < -0.4 is 10.6 Å². The van der Waals surface area contributed by atoms with E-state index in [1.54, 1.807) is 12.1 Å². The lowest BCUT2D eigenvalue weighted by molar-refractivity contribution is -0.125. The molecule has 0 unspecified atom stereocenters. The van der Waals surface area contributed by atoms with E-state index in [-0.39, 0.29) is 11.7 Å². The van der Waals surface area contributed by atoms with E-state index in [1.807, 2.05) is 13.8 Å². The highest BCUT2D eigenvalue weighted by Crippen LogP contribution is 2.24. The number of amides is 1. The summed E-state index contributed by atoms with van der Waals surface area (Å²) in [4.78, 5) is 12.3. The Hall–Kier alpha value is -1.68. The number of benzene rings is 1. The van der Waals surface area contributed by atoms with Gasteiger partial charge in [0.25, 0.3) is 0 Å². The molecule has 0 aliphatic carbocycles. The Labute approximate surface area is 119 Å². The molecule has 0 saturated carbocycles. The Morgan fingerprint density at radius 3 is 2.90 bits per heavy atom. The van der Waals surface area contributed by atoms with Crippen LogP contribution in [0, 0.1) is 5.82 Å². The summed E-state index contributed by atoms with van der Waals surface area (Å²) in [6.07, 6.45) is 3.07. The van der Waals surface area contributed by atoms with Gasteiger partial charge in [0.05, 0.1) is 5.41 Å². The van der Waals surface area contributed by atoms with Crippen LogP contribution in [0.25, 0.3) is 0 Å². The fourth-order valence-electron chi connectivity index (χ4n) is 2.25. The lowest BCUT2D eigenvalue weighted by atomic mass is 9.83. The molecule has 4 heteroatoms. The van der Waals surface area contributed by atoms with Crippen molar-refractivity contribution in [1.82, 2.24) is 10.6 Å². The van der Waals surface area contributed by atoms with Crippen molar-refractivity contribution < 1.29 is 9.18 Å². The Bertz CT molecular complexity index is 523. The first-order valence-corrected chi connectivity index (χ1v) is 6.93. The van der Waals surface area contributed by atoms with Gasteiger partial charge in [0, 0.05) is 13.1 Å². The highest BCUT2D eigenvalue weighted by atomic mass is 19.1. The molecule has 20 heavy (non-hydrogen) atoms. The van der Waals surface area contributed by atoms with Crippen LogP contribution in [-0.4, -0.2) is 25.5 Å². The molecular formula is C16H21FN2O. The first kappa shape index (κ1) is 14.7. The van der Waals surface area contributed by atoms with E-state index in [1.165, 1.54) is 17.7 Å². The normalized spacial score (nSPS) is 15.7. The average molecular weight is 276 g/mol. The molecule has 0 fully saturated rings. The number of hydrogen-bond acceptors (Lipinski definition) is 2. The third-order valence-corrected chi connectivity index (χ3v) is 3.75. The Kier molecular flexibility index (Phi) is 4.55. The molecule has 2 N–H and O–H groups in total. The third kappa shape index (κ3) is 3.45. The van der Waals surface area contributed by atoms with Crippen LogP contribution in [0.5, 0.6) is 0 Å². The van der Waals surface area contributed by atoms with Crippen LogP contribution in [0.1, 0.15) is 25.8 Å². The maximum absolute atomic E-state index is 13.3. The van der Waals surface area contributed by atoms with E-state index in [0.717, 1.165) is 19.5 Å². The summed E-state index contributed by atoms with van der Waals surface area (Å²) in [6, 6.07) is 6.22. The zero-order chi connectivity index (χ0) is 14.6. The molecule has 1 aromatic carbocycles. The van der Waals surface area contributed by atoms with Crippen molar-refractivity contribution in [3.05, 3.63) is 47.3 Å². The molecule has 0 spiro atoms. The number of halogens is 1. The van der Waals surface area contributed by atoms with E-state index in [2.05, 4.69) is 16.7 Å². The van der Waals surface area contributed by atoms with Gasteiger partial charge in [-0.05, 0) is 44.5 Å². The molecular weight excluding hydrogens is 255 g/mol. The molecule has 2 rings (SSSR count). The number of carbonyl (C=O) groups excluding carboxylic acids is 1. The van der Waals surface area contributed by atoms with Crippen molar-refractivity contribution >= 4 is 5.91 Å². The van der Waals surface area contributed by atoms with Crippen molar-refractivity contribution in [1.29, 1.82) is 0 Å². The second-order valence-corrected chi connectivity index (χ2v) is 5.63. The lowest BCUT2D eigenvalue weighted by Gasteiger charge is -2.25. The number of hydrogen-bond donors (Lipinski definition) is 2. The fourth-order valence-corrected chi connectivity index (χ4v) is 2.25. The first-order chi connectivity index (χ1) is 9.50. The summed E-state index contributed by atoms with van der Waals surface area (Å²) >= 11 is 0. The number of rotatable bonds is 4. The zero-order valence-corrected chi connectivity index (χ0v) is 12.0. The molecule has 0 bridgehead atoms. The Balaban J connectivity index is 2.01. The summed E-state index contributed by atoms with van der Waals surface area (Å²) in [7, 11) is 0. The highest BCUT2D eigenvalue weighted by molar-refractivity contribution is 5.87. The minimum Gasteiger partial charge on any atom is -0.352 e. The SMILES string of the molecule is CC(C)(C(=O)NCC1=CCNCC1)c1cccc(F)c1. The lowest BCUT2D eigenvalue weighted by Crippen LogP contribution is -2.41. The van der Waals surface area contributed by atoms with Gasteiger partial charge in [0.15, 0.2) is 0 Å². The van der Waals surface area contributed by atoms with Crippen LogP contribution in [0.3, 0.4) is 0 Å². The van der Waals surface area contributed by atoms with E-state index in [4.69, 9.17) is 0 Å². The van der Waals surface area contributed by atoms with Crippen molar-refractivity contribution in [2.75, 3.05) is 19.6 Å². The maximum atomic E-state index is 13.3. The minimum atomic E-state index is -0.740. The Morgan fingerprint density at radius 2 is 2.25 bits per heavy atom. The molecule has 1 aromatic rings. The van der Waals surface area contributed by atoms with E-state index in [0.29, 0.717) is 12.1 Å². The molecule has 1 aliphatic rings. The van der Waals surface area contributed by atoms with Gasteiger partial charge in [-0.2, -0.15) is 0 Å². The van der Waals surface area contributed by atoms with Gasteiger partial charge in [-0.15, -0.1) is 0 Å². The van der Waals surface area contributed by atoms with Crippen molar-refractivity contribution in [3.8, 4) is 0 Å². The van der Waals surface area contributed by atoms with Crippen LogP contribution >= 0.6 is 0 Å². The molecule has 3 nitrogen and oxygen atoms in total. The summed E-state index contributed by atoms with van der Waals surface area (Å²) in [5.41, 5.74) is 1.19. The molecule has 0 atom stereocenters. The fraction of sp³-hybridized carbons (Fsp3) is 0.438. The van der Waals surface area contributed by atoms with Gasteiger partial charge in [-0.3, -0.25) is 4.79 Å². The first-order valence-electron chi connectivity index (χ1n) is 6.93. The molecule has 1 aliphatic heterocycles. The summed E-state index contributed by atoms with van der Waals surface area (Å²) in [5, 5.41) is 6.19. The molecule has 1 amide bonds. The quantitative estimate of drug-likeness (QED) is 0.827. The zero-order valence-electron chi connectivity index (χ0n) is 12.0. The smallest absolute Gasteiger partial charge is 0.230 e. The molecule has 0 saturated heterocycles. The van der Waals surface area contributed by atoms with Gasteiger partial charge in [-0.25, -0.2) is 4.39 Å². The van der Waals surface area contributed by atoms with Gasteiger partial charge >= 0.3 is 0 Å². The number of nitrogens with one attached hydrogen (secondary N) is 2. The second kappa shape index (κ2) is 6.18. The monoisotopic (exact) mass is 276 g/mol. The summed E-state index contributed by atoms with van der Waals surface area (Å²) in [5.74, 6) is -0.396. The average Bonchev–Trinajstić information content (AvgIpc) is 2.45. The molecule has 1 heterocycles. The number of carbonyl (C=O) groups is 1. The van der Waals surface area contributed by atoms with Crippen LogP contribution in [0.4, 0.5) is 4.39 Å². The standard InChI is InChI=1S/C16H21FN2O/c1-16(2,13-4-3-5-14(17)10-13)15(20)19-11-12-6-8-18-9-7-12/h3-6,10,18H,7-9,11H2,1-2H3,(H,19,20). The van der Waals surface area contributed by atoms with E-state index < -0.39 is 5.41 Å². The summed E-state index contributed by atoms with van der Waals surface area (Å²) < 4.78 is 13.3. The molecule has 108 valence electrons. The minimum absolute atomic E-state index is 0.0810. The summed E-state index contributed by atoms with van der Waals surface area (Å²) in [6.45, 7) is 6.01. The van der Waals surface area contributed by atoms with Crippen molar-refractivity contribution in [3.63, 3.8) is 0 Å². The largest absolute Gasteiger partial charge is 0.352 e. The molecule has 0 radical (unpaired) electrons. The van der Waals surface area contributed by atoms with E-state index in [9.17, 15) is 9.18 Å². The highest BCUT2D eigenvalue weighted by Gasteiger charge is 2.29. The van der Waals surface area contributed by atoms with Crippen LogP contribution in [-0.2, 0) is 10.2 Å². The van der Waals surface area contributed by atoms with E-state index >= 15 is 0 Å². The van der Waals surface area contributed by atoms with Crippen LogP contribution in [0.2, 0.25) is 0 Å². The van der Waals surface area contributed by atoms with Gasteiger partial charge < -0.3 is 10.6 Å². The predicted molar refractivity (Wildman–Crippen MR) is 78.0 cm³/mol. The molecule has 0 aromatic heterocycles. The van der Waals surface area contributed by atoms with Crippen LogP contribution in [0.15, 0.2) is 35.9 Å². The second-order valence-electron chi connectivity index (χ2n) is 5.63. The Morgan fingerprint density at radius 1 is 1.45 bits per heavy atom. The van der Waals surface area contributed by atoms with Crippen molar-refractivity contribution in [2.24, 2.45) is 0 Å². The van der Waals surface area contributed by atoms with Gasteiger partial charge in [0.2, 0.25) is 5.91 Å². The van der Waals surface area contributed by atoms with Gasteiger partial charge in [-0.1, -0.05) is 23.8 Å². The maximum Gasteiger partial charge on any atom is 0.230 e. The third-order valence-electron chi connectivity index (χ3n) is 3.75. The topological polar surface area (TPSA) is 41.1 Å². The van der Waals surface area contributed by atoms with Crippen molar-refractivity contribution in [2.45, 2.75) is 25.7 Å². The van der Waals surface area contributed by atoms with Gasteiger partial charge in [0.1, 0.15) is 5.82 Å².